The molecule has 0 bridgehead atoms. The zero-order valence-corrected chi connectivity index (χ0v) is 7.14. The minimum atomic E-state index is -1.93. The molecule has 0 spiro atoms. The van der Waals surface area contributed by atoms with Crippen molar-refractivity contribution in [2.24, 2.45) is 0 Å². The van der Waals surface area contributed by atoms with E-state index in [9.17, 15) is 8.60 Å². The first-order chi connectivity index (χ1) is 5.74. The van der Waals surface area contributed by atoms with Gasteiger partial charge in [-0.05, 0) is 12.1 Å². The summed E-state index contributed by atoms with van der Waals surface area (Å²) in [7, 11) is 1.21. The summed E-state index contributed by atoms with van der Waals surface area (Å²) in [6.07, 6.45) is 0. The Balaban J connectivity index is 2.75. The van der Waals surface area contributed by atoms with E-state index >= 15 is 0 Å². The molecule has 5 heteroatoms. The first-order valence-corrected chi connectivity index (χ1v) is 4.13. The van der Waals surface area contributed by atoms with Crippen molar-refractivity contribution in [3.05, 3.63) is 30.1 Å². The second-order valence-electron chi connectivity index (χ2n) is 1.88. The Bertz CT molecular complexity index is 290. The molecule has 66 valence electrons. The largest absolute Gasteiger partial charge is 0.377 e. The fraction of sp³-hybridized carbons (Fsp3) is 0.143. The van der Waals surface area contributed by atoms with Crippen molar-refractivity contribution in [2.45, 2.75) is 0 Å². The third kappa shape index (κ3) is 2.28. The maximum absolute atomic E-state index is 12.8. The summed E-state index contributed by atoms with van der Waals surface area (Å²) in [6, 6.07) is 5.66. The van der Waals surface area contributed by atoms with Gasteiger partial charge < -0.3 is 4.18 Å². The van der Waals surface area contributed by atoms with Gasteiger partial charge in [-0.2, -0.15) is 4.21 Å². The monoisotopic (exact) mass is 190 g/mol. The summed E-state index contributed by atoms with van der Waals surface area (Å²) in [4.78, 5) is 0. The van der Waals surface area contributed by atoms with Gasteiger partial charge >= 0.3 is 11.4 Å². The van der Waals surface area contributed by atoms with E-state index in [4.69, 9.17) is 0 Å². The fourth-order valence-electron chi connectivity index (χ4n) is 0.620. The molecule has 0 saturated carbocycles. The first-order valence-electron chi connectivity index (χ1n) is 3.13. The van der Waals surface area contributed by atoms with Crippen molar-refractivity contribution in [1.29, 1.82) is 0 Å². The van der Waals surface area contributed by atoms with Crippen LogP contribution in [0.1, 0.15) is 0 Å². The smallest absolute Gasteiger partial charge is 0.360 e. The van der Waals surface area contributed by atoms with Gasteiger partial charge in [0.05, 0.1) is 7.11 Å². The highest BCUT2D eigenvalue weighted by Gasteiger charge is 2.05. The second kappa shape index (κ2) is 4.18. The maximum Gasteiger partial charge on any atom is 0.360 e. The van der Waals surface area contributed by atoms with Gasteiger partial charge in [0, 0.05) is 0 Å². The van der Waals surface area contributed by atoms with Gasteiger partial charge in [-0.3, -0.25) is 4.18 Å². The number of benzene rings is 1. The highest BCUT2D eigenvalue weighted by Crippen LogP contribution is 2.16. The molecule has 3 nitrogen and oxygen atoms in total. The Morgan fingerprint density at radius 2 is 2.08 bits per heavy atom. The Labute approximate surface area is 72.0 Å². The van der Waals surface area contributed by atoms with Crippen LogP contribution in [0.25, 0.3) is 0 Å². The van der Waals surface area contributed by atoms with Crippen LogP contribution in [0.4, 0.5) is 4.39 Å². The molecule has 0 fully saturated rings. The quantitative estimate of drug-likeness (QED) is 0.723. The molecule has 1 rings (SSSR count). The van der Waals surface area contributed by atoms with E-state index in [1.807, 2.05) is 0 Å². The summed E-state index contributed by atoms with van der Waals surface area (Å²) < 4.78 is 32.3. The third-order valence-corrected chi connectivity index (χ3v) is 1.72. The zero-order chi connectivity index (χ0) is 8.97. The summed E-state index contributed by atoms with van der Waals surface area (Å²) in [5.41, 5.74) is 0. The molecule has 1 aromatic rings. The summed E-state index contributed by atoms with van der Waals surface area (Å²) in [5.74, 6) is -0.652. The van der Waals surface area contributed by atoms with E-state index < -0.39 is 17.2 Å². The lowest BCUT2D eigenvalue weighted by Crippen LogP contribution is -2.02. The normalized spacial score (nSPS) is 12.5. The molecule has 12 heavy (non-hydrogen) atoms. The zero-order valence-electron chi connectivity index (χ0n) is 6.32. The third-order valence-electron chi connectivity index (χ3n) is 1.13. The number of halogens is 1. The predicted molar refractivity (Wildman–Crippen MR) is 42.2 cm³/mol. The molecule has 0 aliphatic heterocycles. The molecule has 0 saturated heterocycles. The number of hydrogen-bond donors (Lipinski definition) is 0. The van der Waals surface area contributed by atoms with Crippen molar-refractivity contribution in [3.63, 3.8) is 0 Å². The minimum absolute atomic E-state index is 0.0855. The van der Waals surface area contributed by atoms with E-state index in [0.717, 1.165) is 0 Å². The predicted octanol–water partition coefficient (Wildman–Crippen LogP) is 1.43. The minimum Gasteiger partial charge on any atom is -0.377 e. The van der Waals surface area contributed by atoms with Gasteiger partial charge in [0.15, 0.2) is 11.6 Å². The van der Waals surface area contributed by atoms with Crippen molar-refractivity contribution >= 4 is 11.4 Å². The van der Waals surface area contributed by atoms with Gasteiger partial charge in [0.2, 0.25) is 0 Å². The summed E-state index contributed by atoms with van der Waals surface area (Å²) in [5, 5.41) is 0. The lowest BCUT2D eigenvalue weighted by Gasteiger charge is -2.01. The Morgan fingerprint density at radius 1 is 1.42 bits per heavy atom. The number of para-hydroxylation sites is 1. The van der Waals surface area contributed by atoms with Crippen molar-refractivity contribution in [2.75, 3.05) is 7.11 Å². The van der Waals surface area contributed by atoms with Crippen molar-refractivity contribution < 1.29 is 17.0 Å². The maximum atomic E-state index is 12.8. The molecular weight excluding hydrogens is 183 g/mol. The van der Waals surface area contributed by atoms with Gasteiger partial charge in [-0.1, -0.05) is 12.1 Å². The molecule has 1 atom stereocenters. The van der Waals surface area contributed by atoms with Gasteiger partial charge in [-0.25, -0.2) is 4.39 Å². The van der Waals surface area contributed by atoms with Crippen LogP contribution in [-0.2, 0) is 15.5 Å². The van der Waals surface area contributed by atoms with Crippen molar-refractivity contribution in [1.82, 2.24) is 0 Å². The van der Waals surface area contributed by atoms with Gasteiger partial charge in [0.25, 0.3) is 0 Å². The Morgan fingerprint density at radius 3 is 2.67 bits per heavy atom. The number of hydrogen-bond acceptors (Lipinski definition) is 3. The molecule has 0 aliphatic carbocycles. The molecule has 1 aromatic carbocycles. The van der Waals surface area contributed by atoms with Crippen LogP contribution in [0.2, 0.25) is 0 Å². The van der Waals surface area contributed by atoms with Gasteiger partial charge in [0.1, 0.15) is 0 Å². The topological polar surface area (TPSA) is 35.5 Å². The molecule has 1 unspecified atom stereocenters. The van der Waals surface area contributed by atoms with E-state index in [1.54, 1.807) is 6.07 Å². The van der Waals surface area contributed by atoms with E-state index in [2.05, 4.69) is 8.37 Å². The lowest BCUT2D eigenvalue weighted by atomic mass is 10.3. The highest BCUT2D eigenvalue weighted by molar-refractivity contribution is 7.75. The lowest BCUT2D eigenvalue weighted by molar-refractivity contribution is 0.376. The highest BCUT2D eigenvalue weighted by atomic mass is 32.2. The molecule has 0 N–H and O–H groups in total. The van der Waals surface area contributed by atoms with E-state index in [0.29, 0.717) is 0 Å². The Hall–Kier alpha value is -0.940. The summed E-state index contributed by atoms with van der Waals surface area (Å²) in [6.45, 7) is 0. The molecular formula is C7H7FO3S. The number of rotatable bonds is 3. The standard InChI is InChI=1S/C7H7FO3S/c1-10-12(9)11-7-5-3-2-4-6(7)8/h2-5H,1H3. The molecule has 0 aromatic heterocycles. The van der Waals surface area contributed by atoms with E-state index in [1.165, 1.54) is 25.3 Å². The van der Waals surface area contributed by atoms with Crippen LogP contribution in [0.3, 0.4) is 0 Å². The first kappa shape index (κ1) is 9.15. The van der Waals surface area contributed by atoms with Crippen molar-refractivity contribution in [3.8, 4) is 5.75 Å². The van der Waals surface area contributed by atoms with Crippen LogP contribution in [0, 0.1) is 5.82 Å². The average Bonchev–Trinajstić information content (AvgIpc) is 2.09. The fourth-order valence-corrected chi connectivity index (χ4v) is 0.969. The van der Waals surface area contributed by atoms with Crippen LogP contribution in [0.5, 0.6) is 5.75 Å². The van der Waals surface area contributed by atoms with Crippen LogP contribution >= 0.6 is 0 Å². The molecule has 0 aliphatic rings. The van der Waals surface area contributed by atoms with Crippen LogP contribution < -0.4 is 4.18 Å². The molecule has 0 amide bonds. The second-order valence-corrected chi connectivity index (χ2v) is 2.79. The van der Waals surface area contributed by atoms with Gasteiger partial charge in [-0.15, -0.1) is 0 Å². The molecule has 0 heterocycles. The average molecular weight is 190 g/mol. The van der Waals surface area contributed by atoms with E-state index in [-0.39, 0.29) is 5.75 Å². The SMILES string of the molecule is COS(=O)Oc1ccccc1F. The molecule has 0 radical (unpaired) electrons. The van der Waals surface area contributed by atoms with Crippen LogP contribution in [0.15, 0.2) is 24.3 Å². The Kier molecular flexibility index (Phi) is 3.19. The van der Waals surface area contributed by atoms with Crippen LogP contribution in [-0.4, -0.2) is 11.3 Å². The summed E-state index contributed by atoms with van der Waals surface area (Å²) >= 11 is -1.93.